The van der Waals surface area contributed by atoms with Gasteiger partial charge in [0.25, 0.3) is 6.47 Å². The minimum Gasteiger partial charge on any atom is -0.462 e. The molecule has 0 aliphatic heterocycles. The molecule has 0 spiro atoms. The van der Waals surface area contributed by atoms with Gasteiger partial charge in [0.15, 0.2) is 0 Å². The van der Waals surface area contributed by atoms with Gasteiger partial charge in [-0.1, -0.05) is 30.7 Å². The lowest BCUT2D eigenvalue weighted by atomic mass is 9.82. The maximum absolute atomic E-state index is 9.60. The van der Waals surface area contributed by atoms with Crippen LogP contribution >= 0.6 is 0 Å². The van der Waals surface area contributed by atoms with Crippen molar-refractivity contribution in [2.24, 2.45) is 17.8 Å². The Hall–Kier alpha value is -2.49. The number of nitrogens with one attached hydrogen (secondary N) is 2. The molecule has 4 atom stereocenters. The van der Waals surface area contributed by atoms with Crippen LogP contribution in [0.1, 0.15) is 88.0 Å². The molecule has 2 N–H and O–H groups in total. The van der Waals surface area contributed by atoms with Crippen molar-refractivity contribution in [1.29, 1.82) is 0 Å². The van der Waals surface area contributed by atoms with Gasteiger partial charge in [-0.15, -0.1) is 0 Å². The maximum atomic E-state index is 9.60. The van der Waals surface area contributed by atoms with E-state index >= 15 is 0 Å². The lowest BCUT2D eigenvalue weighted by Gasteiger charge is -2.37. The first-order valence-electron chi connectivity index (χ1n) is 13.9. The molecule has 2 aromatic rings. The van der Waals surface area contributed by atoms with Crippen molar-refractivity contribution in [3.05, 3.63) is 58.7 Å². The molecule has 4 unspecified atom stereocenters. The molecular weight excluding hydrogens is 444 g/mol. The number of ether oxygens (including phenoxy) is 1. The summed E-state index contributed by atoms with van der Waals surface area (Å²) in [6.07, 6.45) is 10.0. The molecule has 4 aliphatic carbocycles. The summed E-state index contributed by atoms with van der Waals surface area (Å²) >= 11 is 0. The number of hydrogen-bond acceptors (Lipinski definition) is 4. The van der Waals surface area contributed by atoms with E-state index in [1.54, 1.807) is 0 Å². The van der Waals surface area contributed by atoms with Crippen LogP contribution in [0, 0.1) is 38.5 Å². The van der Waals surface area contributed by atoms with Gasteiger partial charge in [0.2, 0.25) is 0 Å². The Kier molecular flexibility index (Phi) is 8.02. The summed E-state index contributed by atoms with van der Waals surface area (Å²) in [6, 6.07) is 13.5. The first-order chi connectivity index (χ1) is 17.1. The Balaban J connectivity index is 0.000000384. The minimum atomic E-state index is -0.318. The predicted molar refractivity (Wildman–Crippen MR) is 150 cm³/mol. The van der Waals surface area contributed by atoms with Crippen molar-refractivity contribution in [3.8, 4) is 0 Å². The predicted octanol–water partition coefficient (Wildman–Crippen LogP) is 7.95. The molecule has 0 heterocycles. The van der Waals surface area contributed by atoms with E-state index in [-0.39, 0.29) is 5.60 Å². The van der Waals surface area contributed by atoms with Crippen LogP contribution in [0.25, 0.3) is 0 Å². The lowest BCUT2D eigenvalue weighted by Crippen LogP contribution is -2.41. The second kappa shape index (κ2) is 10.9. The smallest absolute Gasteiger partial charge is 0.293 e. The van der Waals surface area contributed by atoms with E-state index in [4.69, 9.17) is 0 Å². The van der Waals surface area contributed by atoms with Gasteiger partial charge < -0.3 is 15.4 Å². The second-order valence-corrected chi connectivity index (χ2v) is 12.6. The molecule has 6 rings (SSSR count). The van der Waals surface area contributed by atoms with Gasteiger partial charge in [-0.25, -0.2) is 0 Å². The summed E-state index contributed by atoms with van der Waals surface area (Å²) in [6.45, 7) is 13.4. The molecular formula is C32H46N2O2. The van der Waals surface area contributed by atoms with Gasteiger partial charge in [0, 0.05) is 12.1 Å². The van der Waals surface area contributed by atoms with E-state index < -0.39 is 0 Å². The first-order valence-corrected chi connectivity index (χ1v) is 13.9. The number of anilines is 2. The number of aryl methyl sites for hydroxylation is 3. The highest BCUT2D eigenvalue weighted by molar-refractivity contribution is 5.71. The molecule has 0 saturated heterocycles. The highest BCUT2D eigenvalue weighted by Crippen LogP contribution is 2.56. The summed E-state index contributed by atoms with van der Waals surface area (Å²) in [5.74, 6) is 2.82. The molecule has 4 saturated carbocycles. The third-order valence-corrected chi connectivity index (χ3v) is 8.70. The summed E-state index contributed by atoms with van der Waals surface area (Å²) in [5, 5.41) is 7.95. The van der Waals surface area contributed by atoms with E-state index in [9.17, 15) is 4.79 Å². The van der Waals surface area contributed by atoms with Gasteiger partial charge in [0.1, 0.15) is 5.60 Å². The number of fused-ring (bicyclic) bond motifs is 2. The SMILES string of the molecule is CC(C)(C)OC=O.Cc1ccc(NC23CCC4CCC2CC(C4)C3)c(NCc2c(C)cccc2C)c1. The third-order valence-electron chi connectivity index (χ3n) is 8.70. The Morgan fingerprint density at radius 1 is 0.972 bits per heavy atom. The monoisotopic (exact) mass is 490 g/mol. The summed E-state index contributed by atoms with van der Waals surface area (Å²) in [5.41, 5.74) is 8.09. The third kappa shape index (κ3) is 6.25. The average molecular weight is 491 g/mol. The molecule has 4 heteroatoms. The van der Waals surface area contributed by atoms with Gasteiger partial charge in [-0.05, 0) is 132 Å². The topological polar surface area (TPSA) is 50.4 Å². The molecule has 2 aromatic carbocycles. The number of carbonyl (C=O) groups is 1. The van der Waals surface area contributed by atoms with Crippen LogP contribution in [-0.2, 0) is 16.1 Å². The van der Waals surface area contributed by atoms with Crippen LogP contribution in [0.5, 0.6) is 0 Å². The van der Waals surface area contributed by atoms with Crippen molar-refractivity contribution < 1.29 is 9.53 Å². The molecule has 36 heavy (non-hydrogen) atoms. The summed E-state index contributed by atoms with van der Waals surface area (Å²) in [4.78, 5) is 9.60. The van der Waals surface area contributed by atoms with Crippen molar-refractivity contribution in [3.63, 3.8) is 0 Å². The van der Waals surface area contributed by atoms with Crippen LogP contribution in [0.2, 0.25) is 0 Å². The molecule has 0 radical (unpaired) electrons. The van der Waals surface area contributed by atoms with Crippen LogP contribution in [0.3, 0.4) is 0 Å². The minimum absolute atomic E-state index is 0.318. The molecule has 4 aliphatic rings. The first kappa shape index (κ1) is 26.6. The van der Waals surface area contributed by atoms with Gasteiger partial charge >= 0.3 is 0 Å². The fourth-order valence-electron chi connectivity index (χ4n) is 6.88. The maximum Gasteiger partial charge on any atom is 0.293 e. The molecule has 196 valence electrons. The molecule has 4 bridgehead atoms. The Labute approximate surface area is 218 Å². The number of hydrogen-bond donors (Lipinski definition) is 2. The van der Waals surface area contributed by atoms with Gasteiger partial charge in [0.05, 0.1) is 11.4 Å². The van der Waals surface area contributed by atoms with E-state index in [1.165, 1.54) is 78.6 Å². The van der Waals surface area contributed by atoms with Crippen molar-refractivity contribution >= 4 is 17.8 Å². The fraction of sp³-hybridized carbons (Fsp3) is 0.594. The Morgan fingerprint density at radius 3 is 2.39 bits per heavy atom. The number of rotatable bonds is 6. The summed E-state index contributed by atoms with van der Waals surface area (Å²) < 4.78 is 4.55. The van der Waals surface area contributed by atoms with Crippen LogP contribution < -0.4 is 10.6 Å². The highest BCUT2D eigenvalue weighted by Gasteiger charge is 2.51. The van der Waals surface area contributed by atoms with Gasteiger partial charge in [-0.3, -0.25) is 4.79 Å². The number of benzene rings is 2. The van der Waals surface area contributed by atoms with Crippen LogP contribution in [-0.4, -0.2) is 17.6 Å². The highest BCUT2D eigenvalue weighted by atomic mass is 16.5. The average Bonchev–Trinajstić information content (AvgIpc) is 2.95. The van der Waals surface area contributed by atoms with Crippen LogP contribution in [0.15, 0.2) is 36.4 Å². The quantitative estimate of drug-likeness (QED) is 0.403. The molecule has 0 amide bonds. The van der Waals surface area contributed by atoms with Crippen molar-refractivity contribution in [2.45, 2.75) is 104 Å². The zero-order chi connectivity index (χ0) is 25.9. The lowest BCUT2D eigenvalue weighted by molar-refractivity contribution is -0.138. The fourth-order valence-corrected chi connectivity index (χ4v) is 6.88. The normalized spacial score (nSPS) is 26.4. The Bertz CT molecular complexity index is 1040. The number of carbonyl (C=O) groups excluding carboxylic acids is 1. The summed E-state index contributed by atoms with van der Waals surface area (Å²) in [7, 11) is 0. The largest absolute Gasteiger partial charge is 0.462 e. The Morgan fingerprint density at radius 2 is 1.72 bits per heavy atom. The van der Waals surface area contributed by atoms with Crippen LogP contribution in [0.4, 0.5) is 11.4 Å². The second-order valence-electron chi connectivity index (χ2n) is 12.6. The van der Waals surface area contributed by atoms with E-state index in [2.05, 4.69) is 72.5 Å². The molecule has 0 aromatic heterocycles. The standard InChI is InChI=1S/C27H36N2.C5H10O2/c1-18-7-10-25(26(13-18)28-17-24-19(2)5-4-6-20(24)3)29-27-12-11-21-8-9-23(27)15-22(14-21)16-27;1-5(2,3)7-4-6/h4-7,10,13,21-23,28-29H,8-9,11-12,14-17H2,1-3H3;4H,1-3H3. The van der Waals surface area contributed by atoms with E-state index in [0.29, 0.717) is 12.0 Å². The van der Waals surface area contributed by atoms with E-state index in [1.807, 2.05) is 20.8 Å². The van der Waals surface area contributed by atoms with Crippen molar-refractivity contribution in [1.82, 2.24) is 0 Å². The zero-order valence-corrected chi connectivity index (χ0v) is 23.2. The van der Waals surface area contributed by atoms with E-state index in [0.717, 1.165) is 24.3 Å². The molecule has 4 nitrogen and oxygen atoms in total. The van der Waals surface area contributed by atoms with Crippen molar-refractivity contribution in [2.75, 3.05) is 10.6 Å². The molecule has 4 fully saturated rings. The zero-order valence-electron chi connectivity index (χ0n) is 23.2. The van der Waals surface area contributed by atoms with Gasteiger partial charge in [-0.2, -0.15) is 0 Å².